The van der Waals surface area contributed by atoms with Crippen LogP contribution in [0.3, 0.4) is 0 Å². The summed E-state index contributed by atoms with van der Waals surface area (Å²) in [5.41, 5.74) is -0.197. The molecular formula is C17H25N3O3. The van der Waals surface area contributed by atoms with E-state index in [4.69, 9.17) is 4.74 Å². The van der Waals surface area contributed by atoms with Gasteiger partial charge in [-0.25, -0.2) is 0 Å². The summed E-state index contributed by atoms with van der Waals surface area (Å²) in [5.74, 6) is 0.00954. The van der Waals surface area contributed by atoms with Gasteiger partial charge in [-0.3, -0.25) is 9.59 Å². The first kappa shape index (κ1) is 16.2. The molecule has 0 radical (unpaired) electrons. The normalized spacial score (nSPS) is 23.6. The second-order valence-electron chi connectivity index (χ2n) is 6.86. The molecule has 2 saturated heterocycles. The van der Waals surface area contributed by atoms with Crippen molar-refractivity contribution in [3.05, 3.63) is 34.7 Å². The highest BCUT2D eigenvalue weighted by atomic mass is 16.5. The number of likely N-dealkylation sites (N-methyl/N-ethyl adjacent to an activating group) is 1. The van der Waals surface area contributed by atoms with Crippen LogP contribution >= 0.6 is 0 Å². The van der Waals surface area contributed by atoms with Crippen LogP contribution in [-0.2, 0) is 16.1 Å². The topological polar surface area (TPSA) is 54.8 Å². The minimum Gasteiger partial charge on any atom is -0.373 e. The number of ether oxygens (including phenoxy) is 1. The summed E-state index contributed by atoms with van der Waals surface area (Å²) in [7, 11) is 4.17. The first-order valence-electron chi connectivity index (χ1n) is 8.23. The van der Waals surface area contributed by atoms with Gasteiger partial charge in [0.1, 0.15) is 6.54 Å². The number of piperidine rings is 1. The molecule has 23 heavy (non-hydrogen) atoms. The Balaban J connectivity index is 1.56. The van der Waals surface area contributed by atoms with E-state index in [2.05, 4.69) is 19.0 Å². The number of hydrogen-bond acceptors (Lipinski definition) is 4. The summed E-state index contributed by atoms with van der Waals surface area (Å²) in [4.78, 5) is 28.2. The maximum atomic E-state index is 12.4. The molecule has 0 aliphatic carbocycles. The Hall–Kier alpha value is -1.66. The summed E-state index contributed by atoms with van der Waals surface area (Å²) in [5, 5.41) is 0. The zero-order chi connectivity index (χ0) is 16.4. The van der Waals surface area contributed by atoms with Gasteiger partial charge in [0, 0.05) is 31.4 Å². The molecule has 0 bridgehead atoms. The minimum atomic E-state index is -0.137. The third kappa shape index (κ3) is 3.48. The molecular weight excluding hydrogens is 294 g/mol. The molecule has 2 aliphatic heterocycles. The van der Waals surface area contributed by atoms with Crippen molar-refractivity contribution in [3.63, 3.8) is 0 Å². The number of carbonyl (C=O) groups excluding carboxylic acids is 1. The smallest absolute Gasteiger partial charge is 0.250 e. The van der Waals surface area contributed by atoms with Crippen LogP contribution in [0.5, 0.6) is 0 Å². The van der Waals surface area contributed by atoms with E-state index in [1.807, 2.05) is 4.90 Å². The fourth-order valence-corrected chi connectivity index (χ4v) is 3.50. The number of likely N-dealkylation sites (tertiary alicyclic amines) is 1. The number of carbonyl (C=O) groups is 1. The van der Waals surface area contributed by atoms with Crippen molar-refractivity contribution in [2.75, 3.05) is 33.8 Å². The van der Waals surface area contributed by atoms with Gasteiger partial charge < -0.3 is 19.1 Å². The van der Waals surface area contributed by atoms with Gasteiger partial charge in [-0.15, -0.1) is 0 Å². The second kappa shape index (κ2) is 6.45. The van der Waals surface area contributed by atoms with E-state index < -0.39 is 0 Å². The van der Waals surface area contributed by atoms with E-state index in [-0.39, 0.29) is 23.6 Å². The van der Waals surface area contributed by atoms with Gasteiger partial charge in [0.05, 0.1) is 12.2 Å². The Labute approximate surface area is 136 Å². The Morgan fingerprint density at radius 2 is 2.09 bits per heavy atom. The van der Waals surface area contributed by atoms with Gasteiger partial charge in [-0.05, 0) is 39.4 Å². The van der Waals surface area contributed by atoms with Crippen LogP contribution < -0.4 is 5.56 Å². The molecule has 0 aromatic carbocycles. The van der Waals surface area contributed by atoms with Gasteiger partial charge in [0.25, 0.3) is 5.56 Å². The lowest BCUT2D eigenvalue weighted by molar-refractivity contribution is -0.136. The average molecular weight is 319 g/mol. The third-order valence-electron chi connectivity index (χ3n) is 5.15. The molecule has 6 nitrogen and oxygen atoms in total. The highest BCUT2D eigenvalue weighted by Gasteiger charge is 2.43. The van der Waals surface area contributed by atoms with Gasteiger partial charge >= 0.3 is 0 Å². The Morgan fingerprint density at radius 3 is 2.70 bits per heavy atom. The molecule has 1 spiro atoms. The van der Waals surface area contributed by atoms with Crippen LogP contribution in [0.1, 0.15) is 19.3 Å². The van der Waals surface area contributed by atoms with Crippen molar-refractivity contribution in [3.8, 4) is 0 Å². The molecule has 1 aromatic rings. The molecule has 1 atom stereocenters. The average Bonchev–Trinajstić information content (AvgIpc) is 2.94. The maximum absolute atomic E-state index is 12.4. The van der Waals surface area contributed by atoms with Crippen LogP contribution in [-0.4, -0.2) is 65.7 Å². The SMILES string of the molecule is CN(C)C1COC2(CCN(C(=O)Cn3ccccc3=O)CC2)C1. The lowest BCUT2D eigenvalue weighted by Crippen LogP contribution is -2.48. The van der Waals surface area contributed by atoms with E-state index in [1.54, 1.807) is 18.3 Å². The highest BCUT2D eigenvalue weighted by molar-refractivity contribution is 5.76. The number of nitrogens with zero attached hydrogens (tertiary/aromatic N) is 3. The summed E-state index contributed by atoms with van der Waals surface area (Å²) >= 11 is 0. The lowest BCUT2D eigenvalue weighted by Gasteiger charge is -2.39. The van der Waals surface area contributed by atoms with E-state index in [0.717, 1.165) is 25.9 Å². The van der Waals surface area contributed by atoms with Crippen molar-refractivity contribution in [1.82, 2.24) is 14.4 Å². The molecule has 3 heterocycles. The van der Waals surface area contributed by atoms with Crippen molar-refractivity contribution < 1.29 is 9.53 Å². The van der Waals surface area contributed by atoms with E-state index in [1.165, 1.54) is 10.6 Å². The minimum absolute atomic E-state index is 0.00954. The van der Waals surface area contributed by atoms with E-state index >= 15 is 0 Å². The molecule has 1 unspecified atom stereocenters. The Morgan fingerprint density at radius 1 is 1.35 bits per heavy atom. The summed E-state index contributed by atoms with van der Waals surface area (Å²) < 4.78 is 7.55. The Bertz CT molecular complexity index is 618. The largest absolute Gasteiger partial charge is 0.373 e. The number of pyridine rings is 1. The van der Waals surface area contributed by atoms with E-state index in [0.29, 0.717) is 19.1 Å². The number of aromatic nitrogens is 1. The number of hydrogen-bond donors (Lipinski definition) is 0. The molecule has 0 N–H and O–H groups in total. The predicted molar refractivity (Wildman–Crippen MR) is 87.3 cm³/mol. The molecule has 2 fully saturated rings. The van der Waals surface area contributed by atoms with Gasteiger partial charge in [-0.2, -0.15) is 0 Å². The third-order valence-corrected chi connectivity index (χ3v) is 5.15. The summed E-state index contributed by atoms with van der Waals surface area (Å²) in [6.45, 7) is 2.31. The van der Waals surface area contributed by atoms with Gasteiger partial charge in [0.2, 0.25) is 5.91 Å². The molecule has 3 rings (SSSR count). The van der Waals surface area contributed by atoms with Gasteiger partial charge in [0.15, 0.2) is 0 Å². The van der Waals surface area contributed by atoms with Crippen LogP contribution in [0.25, 0.3) is 0 Å². The molecule has 6 heteroatoms. The Kier molecular flexibility index (Phi) is 4.55. The molecule has 1 amide bonds. The standard InChI is InChI=1S/C17H25N3O3/c1-18(2)14-11-17(23-13-14)6-9-19(10-7-17)16(22)12-20-8-4-3-5-15(20)21/h3-5,8,14H,6-7,9-13H2,1-2H3. The number of rotatable bonds is 3. The monoisotopic (exact) mass is 319 g/mol. The predicted octanol–water partition coefficient (Wildman–Crippen LogP) is 0.560. The fraction of sp³-hybridized carbons (Fsp3) is 0.647. The molecule has 2 aliphatic rings. The zero-order valence-corrected chi connectivity index (χ0v) is 13.9. The van der Waals surface area contributed by atoms with Gasteiger partial charge in [-0.1, -0.05) is 6.07 Å². The van der Waals surface area contributed by atoms with Crippen molar-refractivity contribution >= 4 is 5.91 Å². The van der Waals surface area contributed by atoms with Crippen LogP contribution in [0, 0.1) is 0 Å². The first-order valence-corrected chi connectivity index (χ1v) is 8.23. The highest BCUT2D eigenvalue weighted by Crippen LogP contribution is 2.37. The van der Waals surface area contributed by atoms with Crippen LogP contribution in [0.4, 0.5) is 0 Å². The van der Waals surface area contributed by atoms with Crippen LogP contribution in [0.15, 0.2) is 29.2 Å². The van der Waals surface area contributed by atoms with Crippen molar-refractivity contribution in [2.45, 2.75) is 37.5 Å². The maximum Gasteiger partial charge on any atom is 0.250 e. The molecule has 0 saturated carbocycles. The summed E-state index contributed by atoms with van der Waals surface area (Å²) in [6.07, 6.45) is 4.47. The molecule has 126 valence electrons. The van der Waals surface area contributed by atoms with Crippen LogP contribution in [0.2, 0.25) is 0 Å². The first-order chi connectivity index (χ1) is 11.0. The lowest BCUT2D eigenvalue weighted by atomic mass is 9.87. The fourth-order valence-electron chi connectivity index (χ4n) is 3.50. The zero-order valence-electron chi connectivity index (χ0n) is 13.9. The van der Waals surface area contributed by atoms with E-state index in [9.17, 15) is 9.59 Å². The number of amides is 1. The van der Waals surface area contributed by atoms with Crippen molar-refractivity contribution in [1.29, 1.82) is 0 Å². The quantitative estimate of drug-likeness (QED) is 0.817. The molecule has 1 aromatic heterocycles. The summed E-state index contributed by atoms with van der Waals surface area (Å²) in [6, 6.07) is 5.41. The van der Waals surface area contributed by atoms with Crippen molar-refractivity contribution in [2.24, 2.45) is 0 Å². The second-order valence-corrected chi connectivity index (χ2v) is 6.86.